The first-order chi connectivity index (χ1) is 9.02. The molecule has 2 unspecified atom stereocenters. The van der Waals surface area contributed by atoms with Crippen molar-refractivity contribution >= 4 is 5.69 Å². The van der Waals surface area contributed by atoms with E-state index in [9.17, 15) is 4.39 Å². The highest BCUT2D eigenvalue weighted by molar-refractivity contribution is 5.46. The first-order valence-corrected chi connectivity index (χ1v) is 7.29. The molecule has 3 heteroatoms. The third kappa shape index (κ3) is 6.06. The number of nitrogens with zero attached hydrogens (tertiary/aromatic N) is 1. The predicted octanol–water partition coefficient (Wildman–Crippen LogP) is 3.81. The number of rotatable bonds is 8. The van der Waals surface area contributed by atoms with Crippen LogP contribution in [0.3, 0.4) is 0 Å². The average molecular weight is 266 g/mol. The van der Waals surface area contributed by atoms with Gasteiger partial charge >= 0.3 is 0 Å². The lowest BCUT2D eigenvalue weighted by atomic mass is 10.0. The number of halogens is 1. The van der Waals surface area contributed by atoms with E-state index in [4.69, 9.17) is 5.73 Å². The summed E-state index contributed by atoms with van der Waals surface area (Å²) >= 11 is 0. The maximum atomic E-state index is 13.3. The molecule has 0 fully saturated rings. The van der Waals surface area contributed by atoms with E-state index in [0.29, 0.717) is 5.92 Å². The van der Waals surface area contributed by atoms with Gasteiger partial charge in [0, 0.05) is 24.8 Å². The van der Waals surface area contributed by atoms with Crippen LogP contribution >= 0.6 is 0 Å². The Morgan fingerprint density at radius 2 is 2.00 bits per heavy atom. The predicted molar refractivity (Wildman–Crippen MR) is 81.0 cm³/mol. The highest BCUT2D eigenvalue weighted by Gasteiger charge is 2.10. The zero-order valence-corrected chi connectivity index (χ0v) is 12.4. The van der Waals surface area contributed by atoms with E-state index in [0.717, 1.165) is 25.2 Å². The summed E-state index contributed by atoms with van der Waals surface area (Å²) in [7, 11) is 0. The second-order valence-corrected chi connectivity index (χ2v) is 5.53. The van der Waals surface area contributed by atoms with Gasteiger partial charge in [0.25, 0.3) is 0 Å². The van der Waals surface area contributed by atoms with Crippen molar-refractivity contribution in [1.82, 2.24) is 0 Å². The van der Waals surface area contributed by atoms with E-state index < -0.39 is 0 Å². The van der Waals surface area contributed by atoms with Gasteiger partial charge in [-0.2, -0.15) is 0 Å². The van der Waals surface area contributed by atoms with Crippen molar-refractivity contribution in [2.24, 2.45) is 11.7 Å². The molecule has 0 aliphatic carbocycles. The lowest BCUT2D eigenvalue weighted by Gasteiger charge is -2.27. The molecule has 0 spiro atoms. The zero-order chi connectivity index (χ0) is 14.3. The molecule has 0 bridgehead atoms. The van der Waals surface area contributed by atoms with Crippen LogP contribution in [-0.4, -0.2) is 19.1 Å². The van der Waals surface area contributed by atoms with Gasteiger partial charge in [0.2, 0.25) is 0 Å². The highest BCUT2D eigenvalue weighted by atomic mass is 19.1. The van der Waals surface area contributed by atoms with Crippen molar-refractivity contribution in [1.29, 1.82) is 0 Å². The van der Waals surface area contributed by atoms with Crippen molar-refractivity contribution in [2.75, 3.05) is 18.0 Å². The maximum Gasteiger partial charge on any atom is 0.125 e. The molecule has 0 aliphatic rings. The standard InChI is InChI=1S/C16H27FN2/c1-4-19(16-10-6-9-15(17)11-16)12-13(2)7-5-8-14(3)18/h6,9-11,13-14H,4-5,7-8,12,18H2,1-3H3. The number of benzene rings is 1. The van der Waals surface area contributed by atoms with E-state index in [1.54, 1.807) is 12.1 Å². The molecule has 19 heavy (non-hydrogen) atoms. The minimum absolute atomic E-state index is 0.166. The van der Waals surface area contributed by atoms with Crippen LogP contribution in [0.15, 0.2) is 24.3 Å². The Hall–Kier alpha value is -1.09. The van der Waals surface area contributed by atoms with Crippen LogP contribution in [0.1, 0.15) is 40.0 Å². The molecular weight excluding hydrogens is 239 g/mol. The van der Waals surface area contributed by atoms with Crippen LogP contribution in [0.4, 0.5) is 10.1 Å². The second kappa shape index (κ2) is 8.16. The van der Waals surface area contributed by atoms with Gasteiger partial charge in [-0.1, -0.05) is 19.4 Å². The Bertz CT molecular complexity index is 366. The van der Waals surface area contributed by atoms with Gasteiger partial charge in [0.1, 0.15) is 5.82 Å². The molecule has 0 radical (unpaired) electrons. The van der Waals surface area contributed by atoms with E-state index in [1.165, 1.54) is 18.9 Å². The lowest BCUT2D eigenvalue weighted by molar-refractivity contribution is 0.475. The van der Waals surface area contributed by atoms with Crippen LogP contribution in [0, 0.1) is 11.7 Å². The Balaban J connectivity index is 2.47. The molecule has 2 atom stereocenters. The number of hydrogen-bond acceptors (Lipinski definition) is 2. The van der Waals surface area contributed by atoms with E-state index in [1.807, 2.05) is 6.07 Å². The topological polar surface area (TPSA) is 29.3 Å². The summed E-state index contributed by atoms with van der Waals surface area (Å²) in [6, 6.07) is 7.13. The number of anilines is 1. The van der Waals surface area contributed by atoms with Gasteiger partial charge in [-0.15, -0.1) is 0 Å². The van der Waals surface area contributed by atoms with Gasteiger partial charge in [0.15, 0.2) is 0 Å². The monoisotopic (exact) mass is 266 g/mol. The molecule has 0 saturated carbocycles. The maximum absolute atomic E-state index is 13.3. The van der Waals surface area contributed by atoms with Crippen LogP contribution in [-0.2, 0) is 0 Å². The molecule has 1 aromatic rings. The molecule has 1 aromatic carbocycles. The first kappa shape index (κ1) is 16.0. The van der Waals surface area contributed by atoms with E-state index >= 15 is 0 Å². The summed E-state index contributed by atoms with van der Waals surface area (Å²) < 4.78 is 13.3. The van der Waals surface area contributed by atoms with Crippen LogP contribution in [0.2, 0.25) is 0 Å². The third-order valence-corrected chi connectivity index (χ3v) is 3.44. The molecule has 108 valence electrons. The van der Waals surface area contributed by atoms with Crippen molar-refractivity contribution < 1.29 is 4.39 Å². The summed E-state index contributed by atoms with van der Waals surface area (Å²) in [5.74, 6) is 0.433. The lowest BCUT2D eigenvalue weighted by Crippen LogP contribution is -2.28. The Morgan fingerprint density at radius 1 is 1.26 bits per heavy atom. The van der Waals surface area contributed by atoms with Gasteiger partial charge in [0.05, 0.1) is 0 Å². The van der Waals surface area contributed by atoms with Crippen LogP contribution in [0.5, 0.6) is 0 Å². The first-order valence-electron chi connectivity index (χ1n) is 7.29. The molecule has 2 nitrogen and oxygen atoms in total. The fraction of sp³-hybridized carbons (Fsp3) is 0.625. The Morgan fingerprint density at radius 3 is 2.58 bits per heavy atom. The molecular formula is C16H27FN2. The van der Waals surface area contributed by atoms with Crippen molar-refractivity contribution in [3.63, 3.8) is 0 Å². The smallest absolute Gasteiger partial charge is 0.125 e. The molecule has 1 rings (SSSR count). The van der Waals surface area contributed by atoms with Gasteiger partial charge in [-0.3, -0.25) is 0 Å². The minimum atomic E-state index is -0.166. The fourth-order valence-corrected chi connectivity index (χ4v) is 2.35. The SMILES string of the molecule is CCN(CC(C)CCCC(C)N)c1cccc(F)c1. The molecule has 0 amide bonds. The molecule has 0 saturated heterocycles. The largest absolute Gasteiger partial charge is 0.371 e. The van der Waals surface area contributed by atoms with E-state index in [-0.39, 0.29) is 11.9 Å². The number of hydrogen-bond donors (Lipinski definition) is 1. The van der Waals surface area contributed by atoms with E-state index in [2.05, 4.69) is 25.7 Å². The molecule has 2 N–H and O–H groups in total. The summed E-state index contributed by atoms with van der Waals surface area (Å²) in [4.78, 5) is 2.24. The quantitative estimate of drug-likeness (QED) is 0.775. The van der Waals surface area contributed by atoms with Crippen molar-refractivity contribution in [2.45, 2.75) is 46.1 Å². The van der Waals surface area contributed by atoms with Gasteiger partial charge in [-0.05, 0) is 50.8 Å². The number of nitrogens with two attached hydrogens (primary N) is 1. The molecule has 0 aliphatic heterocycles. The van der Waals surface area contributed by atoms with Gasteiger partial charge < -0.3 is 10.6 Å². The van der Waals surface area contributed by atoms with Crippen LogP contribution < -0.4 is 10.6 Å². The average Bonchev–Trinajstić information content (AvgIpc) is 2.35. The summed E-state index contributed by atoms with van der Waals surface area (Å²) in [5, 5.41) is 0. The van der Waals surface area contributed by atoms with Crippen molar-refractivity contribution in [3.05, 3.63) is 30.1 Å². The van der Waals surface area contributed by atoms with Gasteiger partial charge in [-0.25, -0.2) is 4.39 Å². The highest BCUT2D eigenvalue weighted by Crippen LogP contribution is 2.19. The zero-order valence-electron chi connectivity index (χ0n) is 12.4. The molecule has 0 heterocycles. The Kier molecular flexibility index (Phi) is 6.85. The minimum Gasteiger partial charge on any atom is -0.371 e. The fourth-order valence-electron chi connectivity index (χ4n) is 2.35. The summed E-state index contributed by atoms with van der Waals surface area (Å²) in [6.45, 7) is 8.29. The van der Waals surface area contributed by atoms with Crippen LogP contribution in [0.25, 0.3) is 0 Å². The van der Waals surface area contributed by atoms with Crippen molar-refractivity contribution in [3.8, 4) is 0 Å². The molecule has 0 aromatic heterocycles. The Labute approximate surface area is 116 Å². The summed E-state index contributed by atoms with van der Waals surface area (Å²) in [5.41, 5.74) is 6.74. The summed E-state index contributed by atoms with van der Waals surface area (Å²) in [6.07, 6.45) is 3.42. The normalized spacial score (nSPS) is 14.2. The second-order valence-electron chi connectivity index (χ2n) is 5.53. The third-order valence-electron chi connectivity index (χ3n) is 3.44.